The van der Waals surface area contributed by atoms with Gasteiger partial charge in [0, 0.05) is 10.4 Å². The highest BCUT2D eigenvalue weighted by molar-refractivity contribution is 9.10. The number of methoxy groups -OCH3 is 1. The second kappa shape index (κ2) is 6.13. The van der Waals surface area contributed by atoms with Crippen LogP contribution in [0.2, 0.25) is 0 Å². The lowest BCUT2D eigenvalue weighted by molar-refractivity contribution is -0.152. The summed E-state index contributed by atoms with van der Waals surface area (Å²) in [5.41, 5.74) is 6.95. The third-order valence-electron chi connectivity index (χ3n) is 5.07. The molecule has 22 heavy (non-hydrogen) atoms. The Morgan fingerprint density at radius 3 is 2.32 bits per heavy atom. The van der Waals surface area contributed by atoms with Crippen LogP contribution in [0.3, 0.4) is 0 Å². The number of nitrogens with two attached hydrogens (primary N) is 1. The van der Waals surface area contributed by atoms with Crippen molar-refractivity contribution in [3.63, 3.8) is 0 Å². The highest BCUT2D eigenvalue weighted by Crippen LogP contribution is 2.54. The monoisotopic (exact) mass is 365 g/mol. The van der Waals surface area contributed by atoms with Gasteiger partial charge >= 0.3 is 5.97 Å². The zero-order chi connectivity index (χ0) is 15.9. The van der Waals surface area contributed by atoms with Gasteiger partial charge in [0.1, 0.15) is 0 Å². The van der Waals surface area contributed by atoms with Crippen LogP contribution in [0, 0.1) is 23.7 Å². The number of carbonyl (C=O) groups excluding carboxylic acids is 2. The van der Waals surface area contributed by atoms with Crippen LogP contribution in [-0.2, 0) is 14.3 Å². The number of ketones is 1. The number of hydrogen-bond acceptors (Lipinski definition) is 4. The summed E-state index contributed by atoms with van der Waals surface area (Å²) in [6.07, 6.45) is 2.67. The molecule has 2 aliphatic carbocycles. The SMILES string of the molecule is COC(=O)C1CC2CC2CC1C(=O)C(N)c1ccc(Br)cc1. The molecule has 2 N–H and O–H groups in total. The van der Waals surface area contributed by atoms with Gasteiger partial charge in [-0.2, -0.15) is 0 Å². The van der Waals surface area contributed by atoms with Gasteiger partial charge in [-0.15, -0.1) is 0 Å². The molecule has 118 valence electrons. The number of rotatable bonds is 4. The normalized spacial score (nSPS) is 31.0. The number of esters is 1. The molecule has 1 aromatic carbocycles. The van der Waals surface area contributed by atoms with Crippen molar-refractivity contribution in [2.45, 2.75) is 25.3 Å². The summed E-state index contributed by atoms with van der Waals surface area (Å²) in [6.45, 7) is 0. The summed E-state index contributed by atoms with van der Waals surface area (Å²) in [7, 11) is 1.39. The lowest BCUT2D eigenvalue weighted by Gasteiger charge is -2.30. The number of ether oxygens (including phenoxy) is 1. The van der Waals surface area contributed by atoms with Crippen molar-refractivity contribution in [3.8, 4) is 0 Å². The minimum absolute atomic E-state index is 0.0388. The first-order chi connectivity index (χ1) is 10.5. The van der Waals surface area contributed by atoms with E-state index in [2.05, 4.69) is 15.9 Å². The van der Waals surface area contributed by atoms with E-state index in [0.717, 1.165) is 29.3 Å². The van der Waals surface area contributed by atoms with E-state index in [1.54, 1.807) is 0 Å². The average Bonchev–Trinajstić information content (AvgIpc) is 3.30. The summed E-state index contributed by atoms with van der Waals surface area (Å²) < 4.78 is 5.85. The minimum atomic E-state index is -0.680. The van der Waals surface area contributed by atoms with Gasteiger partial charge in [-0.1, -0.05) is 28.1 Å². The standard InChI is InChI=1S/C17H20BrNO3/c1-22-17(21)14-8-11-6-10(11)7-13(14)16(20)15(19)9-2-4-12(18)5-3-9/h2-5,10-11,13-15H,6-8,19H2,1H3. The van der Waals surface area contributed by atoms with Crippen LogP contribution in [0.15, 0.2) is 28.7 Å². The number of benzene rings is 1. The molecule has 1 aromatic rings. The van der Waals surface area contributed by atoms with Crippen molar-refractivity contribution in [1.29, 1.82) is 0 Å². The summed E-state index contributed by atoms with van der Waals surface area (Å²) in [5.74, 6) is 0.233. The zero-order valence-electron chi connectivity index (χ0n) is 12.5. The van der Waals surface area contributed by atoms with E-state index in [-0.39, 0.29) is 23.6 Å². The van der Waals surface area contributed by atoms with E-state index in [4.69, 9.17) is 10.5 Å². The van der Waals surface area contributed by atoms with Gasteiger partial charge in [0.25, 0.3) is 0 Å². The molecule has 0 bridgehead atoms. The van der Waals surface area contributed by atoms with Crippen molar-refractivity contribution in [2.24, 2.45) is 29.4 Å². The van der Waals surface area contributed by atoms with Gasteiger partial charge < -0.3 is 10.5 Å². The molecule has 5 heteroatoms. The molecule has 0 aromatic heterocycles. The third kappa shape index (κ3) is 2.97. The van der Waals surface area contributed by atoms with Gasteiger partial charge in [-0.25, -0.2) is 0 Å². The van der Waals surface area contributed by atoms with E-state index in [1.165, 1.54) is 7.11 Å². The molecular weight excluding hydrogens is 346 g/mol. The molecule has 0 radical (unpaired) electrons. The predicted octanol–water partition coefficient (Wildman–Crippen LogP) is 2.85. The maximum absolute atomic E-state index is 12.8. The second-order valence-electron chi connectivity index (χ2n) is 6.40. The van der Waals surface area contributed by atoms with Crippen LogP contribution in [-0.4, -0.2) is 18.9 Å². The Balaban J connectivity index is 1.79. The van der Waals surface area contributed by atoms with Gasteiger partial charge in [0.15, 0.2) is 5.78 Å². The Bertz CT molecular complexity index is 586. The summed E-state index contributed by atoms with van der Waals surface area (Å²) in [5, 5.41) is 0. The number of hydrogen-bond donors (Lipinski definition) is 1. The molecule has 2 fully saturated rings. The lowest BCUT2D eigenvalue weighted by atomic mass is 9.74. The van der Waals surface area contributed by atoms with Crippen molar-refractivity contribution >= 4 is 27.7 Å². The molecule has 4 nitrogen and oxygen atoms in total. The first-order valence-corrected chi connectivity index (χ1v) is 8.43. The Morgan fingerprint density at radius 2 is 1.73 bits per heavy atom. The molecule has 0 heterocycles. The Morgan fingerprint density at radius 1 is 1.14 bits per heavy atom. The first kappa shape index (κ1) is 15.7. The van der Waals surface area contributed by atoms with Crippen LogP contribution >= 0.6 is 15.9 Å². The number of carbonyl (C=O) groups is 2. The van der Waals surface area contributed by atoms with E-state index in [0.29, 0.717) is 11.8 Å². The summed E-state index contributed by atoms with van der Waals surface area (Å²) in [4.78, 5) is 24.9. The fraction of sp³-hybridized carbons (Fsp3) is 0.529. The van der Waals surface area contributed by atoms with Crippen LogP contribution in [0.5, 0.6) is 0 Å². The molecule has 0 spiro atoms. The zero-order valence-corrected chi connectivity index (χ0v) is 14.1. The highest BCUT2D eigenvalue weighted by Gasteiger charge is 2.51. The van der Waals surface area contributed by atoms with E-state index < -0.39 is 6.04 Å². The smallest absolute Gasteiger partial charge is 0.309 e. The van der Waals surface area contributed by atoms with Crippen LogP contribution < -0.4 is 5.73 Å². The van der Waals surface area contributed by atoms with Crippen LogP contribution in [0.1, 0.15) is 30.9 Å². The van der Waals surface area contributed by atoms with E-state index in [1.807, 2.05) is 24.3 Å². The van der Waals surface area contributed by atoms with Gasteiger partial charge in [-0.3, -0.25) is 9.59 Å². The van der Waals surface area contributed by atoms with Crippen molar-refractivity contribution in [3.05, 3.63) is 34.3 Å². The molecule has 3 rings (SSSR count). The van der Waals surface area contributed by atoms with E-state index >= 15 is 0 Å². The second-order valence-corrected chi connectivity index (χ2v) is 7.31. The predicted molar refractivity (Wildman–Crippen MR) is 85.9 cm³/mol. The molecule has 0 saturated heterocycles. The molecular formula is C17H20BrNO3. The molecule has 0 aliphatic heterocycles. The van der Waals surface area contributed by atoms with Crippen LogP contribution in [0.4, 0.5) is 0 Å². The quantitative estimate of drug-likeness (QED) is 0.832. The molecule has 2 saturated carbocycles. The maximum atomic E-state index is 12.8. The highest BCUT2D eigenvalue weighted by atomic mass is 79.9. The molecule has 0 amide bonds. The summed E-state index contributed by atoms with van der Waals surface area (Å²) in [6, 6.07) is 6.77. The summed E-state index contributed by atoms with van der Waals surface area (Å²) >= 11 is 3.37. The van der Waals surface area contributed by atoms with Gasteiger partial charge in [0.05, 0.1) is 19.1 Å². The third-order valence-corrected chi connectivity index (χ3v) is 5.60. The van der Waals surface area contributed by atoms with Gasteiger partial charge in [0.2, 0.25) is 0 Å². The molecule has 5 atom stereocenters. The Labute approximate surface area is 138 Å². The fourth-order valence-corrected chi connectivity index (χ4v) is 3.92. The Kier molecular flexibility index (Phi) is 4.37. The largest absolute Gasteiger partial charge is 0.469 e. The van der Waals surface area contributed by atoms with E-state index in [9.17, 15) is 9.59 Å². The van der Waals surface area contributed by atoms with Gasteiger partial charge in [-0.05, 0) is 48.8 Å². The van der Waals surface area contributed by atoms with Crippen molar-refractivity contribution in [2.75, 3.05) is 7.11 Å². The van der Waals surface area contributed by atoms with Crippen LogP contribution in [0.25, 0.3) is 0 Å². The average molecular weight is 366 g/mol. The van der Waals surface area contributed by atoms with Crippen molar-refractivity contribution in [1.82, 2.24) is 0 Å². The maximum Gasteiger partial charge on any atom is 0.309 e. The number of fused-ring (bicyclic) bond motifs is 1. The fourth-order valence-electron chi connectivity index (χ4n) is 3.66. The first-order valence-electron chi connectivity index (χ1n) is 7.64. The molecule has 5 unspecified atom stereocenters. The molecule has 2 aliphatic rings. The van der Waals surface area contributed by atoms with Crippen molar-refractivity contribution < 1.29 is 14.3 Å². The Hall–Kier alpha value is -1.20. The minimum Gasteiger partial charge on any atom is -0.469 e. The number of halogens is 1. The lowest BCUT2D eigenvalue weighted by Crippen LogP contribution is -2.39. The topological polar surface area (TPSA) is 69.4 Å². The number of Topliss-reactive ketones (excluding diaryl/α,β-unsaturated/α-hetero) is 1.